The maximum absolute atomic E-state index is 13.4. The molecule has 0 saturated carbocycles. The van der Waals surface area contributed by atoms with E-state index in [0.29, 0.717) is 0 Å². The molecular formula is C20H17BrN4O4. The van der Waals surface area contributed by atoms with Gasteiger partial charge in [-0.05, 0) is 30.2 Å². The number of non-ortho nitro benzene ring substituents is 1. The normalized spacial score (nSPS) is 26.8. The number of imide groups is 1. The Morgan fingerprint density at radius 3 is 2.34 bits per heavy atom. The zero-order valence-electron chi connectivity index (χ0n) is 15.3. The molecule has 5 rings (SSSR count). The second kappa shape index (κ2) is 6.72. The number of hydrogen-bond acceptors (Lipinski definition) is 6. The highest BCUT2D eigenvalue weighted by Gasteiger charge is 2.62. The molecule has 8 nitrogen and oxygen atoms in total. The number of anilines is 1. The molecule has 3 heterocycles. The Balaban J connectivity index is 1.57. The highest BCUT2D eigenvalue weighted by Crippen LogP contribution is 2.49. The molecule has 3 aliphatic rings. The summed E-state index contributed by atoms with van der Waals surface area (Å²) < 4.78 is 0.945. The van der Waals surface area contributed by atoms with E-state index < -0.39 is 16.9 Å². The number of nitro benzene ring substituents is 1. The van der Waals surface area contributed by atoms with E-state index in [9.17, 15) is 19.7 Å². The summed E-state index contributed by atoms with van der Waals surface area (Å²) in [6.45, 7) is 1.51. The first-order valence-electron chi connectivity index (χ1n) is 9.38. The van der Waals surface area contributed by atoms with E-state index in [1.54, 1.807) is 6.07 Å². The second-order valence-electron chi connectivity index (χ2n) is 7.44. The Kier molecular flexibility index (Phi) is 4.27. The van der Waals surface area contributed by atoms with Crippen molar-refractivity contribution >= 4 is 39.1 Å². The Morgan fingerprint density at radius 1 is 0.966 bits per heavy atom. The molecule has 148 valence electrons. The molecule has 0 spiro atoms. The summed E-state index contributed by atoms with van der Waals surface area (Å²) in [5.74, 6) is -1.15. The summed E-state index contributed by atoms with van der Waals surface area (Å²) in [5, 5.41) is 15.3. The molecule has 2 aromatic carbocycles. The first kappa shape index (κ1) is 18.4. The number of carbonyl (C=O) groups is 2. The number of hydrogen-bond donors (Lipinski definition) is 0. The Labute approximate surface area is 174 Å². The average Bonchev–Trinajstić information content (AvgIpc) is 3.35. The van der Waals surface area contributed by atoms with E-state index in [4.69, 9.17) is 0 Å². The lowest BCUT2D eigenvalue weighted by Gasteiger charge is -2.29. The number of rotatable bonds is 3. The van der Waals surface area contributed by atoms with Crippen LogP contribution in [-0.2, 0) is 9.59 Å². The summed E-state index contributed by atoms with van der Waals surface area (Å²) in [4.78, 5) is 38.5. The van der Waals surface area contributed by atoms with Crippen LogP contribution in [0.25, 0.3) is 0 Å². The third-order valence-corrected chi connectivity index (χ3v) is 6.44. The molecule has 2 aromatic rings. The van der Waals surface area contributed by atoms with Gasteiger partial charge in [-0.2, -0.15) is 0 Å². The fraction of sp³-hybridized carbons (Fsp3) is 0.300. The van der Waals surface area contributed by atoms with Gasteiger partial charge in [0.05, 0.1) is 22.6 Å². The molecule has 0 unspecified atom stereocenters. The van der Waals surface area contributed by atoms with Crippen LogP contribution in [0.3, 0.4) is 0 Å². The lowest BCUT2D eigenvalue weighted by Crippen LogP contribution is -2.44. The van der Waals surface area contributed by atoms with Gasteiger partial charge in [-0.3, -0.25) is 19.7 Å². The van der Waals surface area contributed by atoms with Gasteiger partial charge in [0.25, 0.3) is 11.6 Å². The van der Waals surface area contributed by atoms with Crippen molar-refractivity contribution in [3.63, 3.8) is 0 Å². The predicted octanol–water partition coefficient (Wildman–Crippen LogP) is 2.89. The van der Waals surface area contributed by atoms with Crippen LogP contribution < -0.4 is 4.90 Å². The molecule has 0 bridgehead atoms. The highest BCUT2D eigenvalue weighted by molar-refractivity contribution is 9.10. The molecule has 0 aliphatic carbocycles. The molecule has 29 heavy (non-hydrogen) atoms. The zero-order chi connectivity index (χ0) is 20.3. The predicted molar refractivity (Wildman–Crippen MR) is 108 cm³/mol. The molecule has 0 N–H and O–H groups in total. The molecule has 3 aliphatic heterocycles. The number of amides is 2. The van der Waals surface area contributed by atoms with Crippen molar-refractivity contribution in [2.75, 3.05) is 18.0 Å². The first-order valence-corrected chi connectivity index (χ1v) is 10.2. The summed E-state index contributed by atoms with van der Waals surface area (Å²) >= 11 is 3.44. The monoisotopic (exact) mass is 456 g/mol. The van der Waals surface area contributed by atoms with Gasteiger partial charge in [0.1, 0.15) is 6.04 Å². The fourth-order valence-electron chi connectivity index (χ4n) is 4.77. The van der Waals surface area contributed by atoms with Crippen LogP contribution in [-0.4, -0.2) is 45.9 Å². The van der Waals surface area contributed by atoms with Crippen molar-refractivity contribution in [3.05, 3.63) is 68.7 Å². The SMILES string of the molecule is O=C1[C@H]2[C@@H](C(=O)N1c1cccc([N+](=O)[O-])c1)N1CCCN1[C@@H]2c1ccc(Br)cc1. The van der Waals surface area contributed by atoms with Crippen LogP contribution in [0.4, 0.5) is 11.4 Å². The molecule has 0 aromatic heterocycles. The third-order valence-electron chi connectivity index (χ3n) is 5.92. The van der Waals surface area contributed by atoms with Crippen molar-refractivity contribution in [2.24, 2.45) is 5.92 Å². The van der Waals surface area contributed by atoms with Gasteiger partial charge in [-0.15, -0.1) is 0 Å². The number of hydrazine groups is 1. The van der Waals surface area contributed by atoms with Gasteiger partial charge in [0.2, 0.25) is 5.91 Å². The van der Waals surface area contributed by atoms with Crippen LogP contribution in [0.15, 0.2) is 53.0 Å². The van der Waals surface area contributed by atoms with Crippen LogP contribution in [0.2, 0.25) is 0 Å². The smallest absolute Gasteiger partial charge is 0.271 e. The topological polar surface area (TPSA) is 87.0 Å². The first-order chi connectivity index (χ1) is 14.0. The highest BCUT2D eigenvalue weighted by atomic mass is 79.9. The van der Waals surface area contributed by atoms with E-state index in [1.807, 2.05) is 29.3 Å². The van der Waals surface area contributed by atoms with Gasteiger partial charge < -0.3 is 0 Å². The van der Waals surface area contributed by atoms with Crippen molar-refractivity contribution < 1.29 is 14.5 Å². The lowest BCUT2D eigenvalue weighted by molar-refractivity contribution is -0.384. The average molecular weight is 457 g/mol. The minimum absolute atomic E-state index is 0.146. The molecule has 3 fully saturated rings. The Morgan fingerprint density at radius 2 is 1.66 bits per heavy atom. The quantitative estimate of drug-likeness (QED) is 0.400. The van der Waals surface area contributed by atoms with E-state index >= 15 is 0 Å². The van der Waals surface area contributed by atoms with E-state index in [-0.39, 0.29) is 29.2 Å². The maximum atomic E-state index is 13.4. The van der Waals surface area contributed by atoms with Gasteiger partial charge in [-0.25, -0.2) is 14.9 Å². The number of nitro groups is 1. The Hall–Kier alpha value is -2.62. The summed E-state index contributed by atoms with van der Waals surface area (Å²) in [6, 6.07) is 12.7. The number of carbonyl (C=O) groups excluding carboxylic acids is 2. The van der Waals surface area contributed by atoms with Gasteiger partial charge in [0.15, 0.2) is 0 Å². The van der Waals surface area contributed by atoms with Gasteiger partial charge >= 0.3 is 0 Å². The minimum atomic E-state index is -0.571. The standard InChI is InChI=1S/C20H17BrN4O4/c21-13-7-5-12(6-8-13)17-16-18(23-10-2-9-22(17)23)20(27)24(19(16)26)14-3-1-4-15(11-14)25(28)29/h1,3-8,11,16-18H,2,9-10H2/t16-,17-,18+/m1/s1. The molecular weight excluding hydrogens is 440 g/mol. The number of nitrogens with zero attached hydrogens (tertiary/aromatic N) is 4. The van der Waals surface area contributed by atoms with E-state index in [2.05, 4.69) is 20.9 Å². The van der Waals surface area contributed by atoms with E-state index in [0.717, 1.165) is 34.4 Å². The second-order valence-corrected chi connectivity index (χ2v) is 8.35. The van der Waals surface area contributed by atoms with Crippen molar-refractivity contribution in [2.45, 2.75) is 18.5 Å². The molecule has 9 heteroatoms. The van der Waals surface area contributed by atoms with Crippen LogP contribution in [0.5, 0.6) is 0 Å². The van der Waals surface area contributed by atoms with Crippen molar-refractivity contribution in [1.29, 1.82) is 0 Å². The van der Waals surface area contributed by atoms with Gasteiger partial charge in [-0.1, -0.05) is 34.1 Å². The minimum Gasteiger partial charge on any atom is -0.274 e. The third kappa shape index (κ3) is 2.72. The number of halogens is 1. The summed E-state index contributed by atoms with van der Waals surface area (Å²) in [6.07, 6.45) is 0.925. The summed E-state index contributed by atoms with van der Waals surface area (Å²) in [5.41, 5.74) is 1.09. The maximum Gasteiger partial charge on any atom is 0.271 e. The molecule has 0 radical (unpaired) electrons. The molecule has 2 amide bonds. The largest absolute Gasteiger partial charge is 0.274 e. The number of fused-ring (bicyclic) bond motifs is 3. The number of benzene rings is 2. The lowest BCUT2D eigenvalue weighted by atomic mass is 9.90. The van der Waals surface area contributed by atoms with Crippen LogP contribution >= 0.6 is 15.9 Å². The zero-order valence-corrected chi connectivity index (χ0v) is 16.9. The van der Waals surface area contributed by atoms with Crippen molar-refractivity contribution in [1.82, 2.24) is 10.0 Å². The summed E-state index contributed by atoms with van der Waals surface area (Å²) in [7, 11) is 0. The van der Waals surface area contributed by atoms with Gasteiger partial charge in [0, 0.05) is 29.7 Å². The van der Waals surface area contributed by atoms with Crippen molar-refractivity contribution in [3.8, 4) is 0 Å². The Bertz CT molecular complexity index is 1030. The fourth-order valence-corrected chi connectivity index (χ4v) is 5.04. The van der Waals surface area contributed by atoms with Crippen LogP contribution in [0.1, 0.15) is 18.0 Å². The molecule has 3 atom stereocenters. The van der Waals surface area contributed by atoms with E-state index in [1.165, 1.54) is 18.2 Å². The molecule has 3 saturated heterocycles. The van der Waals surface area contributed by atoms with Crippen LogP contribution in [0, 0.1) is 16.0 Å².